The van der Waals surface area contributed by atoms with Crippen molar-refractivity contribution >= 4 is 62.1 Å². The van der Waals surface area contributed by atoms with Crippen LogP contribution in [0.2, 0.25) is 0 Å². The summed E-state index contributed by atoms with van der Waals surface area (Å²) in [6, 6.07) is 12.4. The molecule has 0 fully saturated rings. The zero-order chi connectivity index (χ0) is 21.7. The number of carbonyl (C=O) groups excluding carboxylic acids is 2. The van der Waals surface area contributed by atoms with Crippen LogP contribution >= 0.6 is 23.7 Å². The van der Waals surface area contributed by atoms with Crippen LogP contribution in [0, 0.1) is 5.92 Å². The second-order valence-corrected chi connectivity index (χ2v) is 9.22. The van der Waals surface area contributed by atoms with E-state index in [1.165, 1.54) is 41.8 Å². The molecule has 0 aliphatic carbocycles. The summed E-state index contributed by atoms with van der Waals surface area (Å²) in [5.41, 5.74) is 1.32. The van der Waals surface area contributed by atoms with Gasteiger partial charge in [-0.2, -0.15) is 0 Å². The Kier molecular flexibility index (Phi) is 8.14. The standard InChI is InChI=1S/C20H20N4O4S2.ClH/c1-13(2)18(25)23-16-5-3-4-14(12-16)19(26)22-15-6-8-17(9-7-15)30(27,28)24-20-21-10-11-29-20;/h3-13H,1-2H3,(H,21,24)(H,22,26)(H,23,25);1H. The minimum Gasteiger partial charge on any atom is -0.326 e. The number of halogens is 1. The Hall–Kier alpha value is -2.95. The van der Waals surface area contributed by atoms with Crippen LogP contribution in [0.3, 0.4) is 0 Å². The average Bonchev–Trinajstić information content (AvgIpc) is 3.21. The van der Waals surface area contributed by atoms with Crippen LogP contribution in [0.25, 0.3) is 0 Å². The van der Waals surface area contributed by atoms with E-state index < -0.39 is 10.0 Å². The largest absolute Gasteiger partial charge is 0.326 e. The number of benzene rings is 2. The van der Waals surface area contributed by atoms with Crippen molar-refractivity contribution in [3.05, 3.63) is 65.7 Å². The van der Waals surface area contributed by atoms with E-state index in [1.807, 2.05) is 0 Å². The molecule has 8 nitrogen and oxygen atoms in total. The first-order valence-electron chi connectivity index (χ1n) is 8.99. The topological polar surface area (TPSA) is 117 Å². The fourth-order valence-electron chi connectivity index (χ4n) is 2.39. The first-order chi connectivity index (χ1) is 14.2. The Balaban J connectivity index is 0.00000341. The zero-order valence-electron chi connectivity index (χ0n) is 16.7. The summed E-state index contributed by atoms with van der Waals surface area (Å²) in [5.74, 6) is -0.703. The molecule has 0 unspecified atom stereocenters. The Morgan fingerprint density at radius 3 is 2.32 bits per heavy atom. The molecule has 3 aromatic rings. The van der Waals surface area contributed by atoms with Crippen LogP contribution in [0.15, 0.2) is 65.0 Å². The number of hydrogen-bond donors (Lipinski definition) is 3. The van der Waals surface area contributed by atoms with E-state index in [0.29, 0.717) is 16.9 Å². The number of nitrogens with one attached hydrogen (secondary N) is 3. The van der Waals surface area contributed by atoms with E-state index in [4.69, 9.17) is 0 Å². The van der Waals surface area contributed by atoms with Crippen molar-refractivity contribution in [2.75, 3.05) is 15.4 Å². The third-order valence-electron chi connectivity index (χ3n) is 3.99. The summed E-state index contributed by atoms with van der Waals surface area (Å²) >= 11 is 1.18. The van der Waals surface area contributed by atoms with Gasteiger partial charge in [0.1, 0.15) is 0 Å². The van der Waals surface area contributed by atoms with Gasteiger partial charge in [0.25, 0.3) is 15.9 Å². The van der Waals surface area contributed by atoms with E-state index in [9.17, 15) is 18.0 Å². The molecule has 2 amide bonds. The summed E-state index contributed by atoms with van der Waals surface area (Å²) in [6.45, 7) is 3.56. The maximum absolute atomic E-state index is 12.5. The lowest BCUT2D eigenvalue weighted by molar-refractivity contribution is -0.118. The predicted molar refractivity (Wildman–Crippen MR) is 124 cm³/mol. The number of carbonyl (C=O) groups is 2. The van der Waals surface area contributed by atoms with Crippen LogP contribution < -0.4 is 15.4 Å². The number of nitrogens with zero attached hydrogens (tertiary/aromatic N) is 1. The van der Waals surface area contributed by atoms with Gasteiger partial charge in [0, 0.05) is 34.4 Å². The maximum Gasteiger partial charge on any atom is 0.263 e. The molecule has 0 saturated carbocycles. The number of rotatable bonds is 7. The van der Waals surface area contributed by atoms with Crippen LogP contribution in [-0.2, 0) is 14.8 Å². The molecule has 1 heterocycles. The normalized spacial score (nSPS) is 10.8. The van der Waals surface area contributed by atoms with Crippen molar-refractivity contribution in [1.29, 1.82) is 0 Å². The Morgan fingerprint density at radius 2 is 1.71 bits per heavy atom. The summed E-state index contributed by atoms with van der Waals surface area (Å²) in [6.07, 6.45) is 1.50. The van der Waals surface area contributed by atoms with E-state index in [1.54, 1.807) is 43.5 Å². The minimum atomic E-state index is -3.76. The molecular formula is C20H21ClN4O4S2. The number of amides is 2. The van der Waals surface area contributed by atoms with Crippen LogP contribution in [-0.4, -0.2) is 25.2 Å². The fourth-order valence-corrected chi connectivity index (χ4v) is 4.18. The first kappa shape index (κ1) is 24.3. The summed E-state index contributed by atoms with van der Waals surface area (Å²) in [4.78, 5) is 28.3. The smallest absolute Gasteiger partial charge is 0.263 e. The number of hydrogen-bond acceptors (Lipinski definition) is 6. The summed E-state index contributed by atoms with van der Waals surface area (Å²) in [7, 11) is -3.76. The predicted octanol–water partition coefficient (Wildman–Crippen LogP) is 4.21. The van der Waals surface area contributed by atoms with Crippen LogP contribution in [0.1, 0.15) is 24.2 Å². The molecule has 31 heavy (non-hydrogen) atoms. The highest BCUT2D eigenvalue weighted by molar-refractivity contribution is 7.93. The highest BCUT2D eigenvalue weighted by atomic mass is 35.5. The quantitative estimate of drug-likeness (QED) is 0.468. The first-order valence-corrected chi connectivity index (χ1v) is 11.4. The van der Waals surface area contributed by atoms with Gasteiger partial charge in [-0.05, 0) is 42.5 Å². The van der Waals surface area contributed by atoms with E-state index in [-0.39, 0.29) is 40.2 Å². The molecule has 3 N–H and O–H groups in total. The number of thiazole rings is 1. The number of aromatic nitrogens is 1. The molecule has 3 rings (SSSR count). The van der Waals surface area contributed by atoms with Gasteiger partial charge in [-0.25, -0.2) is 13.4 Å². The second-order valence-electron chi connectivity index (χ2n) is 6.65. The highest BCUT2D eigenvalue weighted by Crippen LogP contribution is 2.20. The van der Waals surface area contributed by atoms with Gasteiger partial charge in [0.15, 0.2) is 5.13 Å². The Morgan fingerprint density at radius 1 is 1.00 bits per heavy atom. The molecule has 0 aliphatic heterocycles. The molecule has 0 saturated heterocycles. The molecule has 0 atom stereocenters. The van der Waals surface area contributed by atoms with Gasteiger partial charge in [0.05, 0.1) is 4.90 Å². The summed E-state index contributed by atoms with van der Waals surface area (Å²) in [5, 5.41) is 7.40. The van der Waals surface area contributed by atoms with Crippen molar-refractivity contribution in [3.8, 4) is 0 Å². The van der Waals surface area contributed by atoms with Crippen molar-refractivity contribution in [2.45, 2.75) is 18.7 Å². The van der Waals surface area contributed by atoms with E-state index >= 15 is 0 Å². The van der Waals surface area contributed by atoms with Crippen molar-refractivity contribution in [3.63, 3.8) is 0 Å². The Bertz CT molecular complexity index is 1150. The summed E-state index contributed by atoms with van der Waals surface area (Å²) < 4.78 is 27.1. The van der Waals surface area contributed by atoms with E-state index in [0.717, 1.165) is 0 Å². The molecule has 0 aliphatic rings. The molecule has 164 valence electrons. The van der Waals surface area contributed by atoms with Crippen LogP contribution in [0.4, 0.5) is 16.5 Å². The van der Waals surface area contributed by atoms with Gasteiger partial charge in [-0.15, -0.1) is 23.7 Å². The molecule has 2 aromatic carbocycles. The lowest BCUT2D eigenvalue weighted by atomic mass is 10.1. The van der Waals surface area contributed by atoms with Crippen molar-refractivity contribution in [2.24, 2.45) is 5.92 Å². The molecule has 0 bridgehead atoms. The monoisotopic (exact) mass is 480 g/mol. The third-order valence-corrected chi connectivity index (χ3v) is 6.17. The molecule has 11 heteroatoms. The van der Waals surface area contributed by atoms with Crippen LogP contribution in [0.5, 0.6) is 0 Å². The van der Waals surface area contributed by atoms with Gasteiger partial charge in [0.2, 0.25) is 5.91 Å². The zero-order valence-corrected chi connectivity index (χ0v) is 19.1. The average molecular weight is 481 g/mol. The second kappa shape index (κ2) is 10.4. The van der Waals surface area contributed by atoms with E-state index in [2.05, 4.69) is 20.3 Å². The van der Waals surface area contributed by atoms with Gasteiger partial charge >= 0.3 is 0 Å². The lowest BCUT2D eigenvalue weighted by Crippen LogP contribution is -2.18. The SMILES string of the molecule is CC(C)C(=O)Nc1cccc(C(=O)Nc2ccc(S(=O)(=O)Nc3nccs3)cc2)c1.Cl. The minimum absolute atomic E-state index is 0. The van der Waals surface area contributed by atoms with Gasteiger partial charge < -0.3 is 10.6 Å². The third kappa shape index (κ3) is 6.51. The molecular weight excluding hydrogens is 460 g/mol. The number of anilines is 3. The number of sulfonamides is 1. The maximum atomic E-state index is 12.5. The lowest BCUT2D eigenvalue weighted by Gasteiger charge is -2.10. The van der Waals surface area contributed by atoms with Gasteiger partial charge in [-0.1, -0.05) is 19.9 Å². The fraction of sp³-hybridized carbons (Fsp3) is 0.150. The van der Waals surface area contributed by atoms with Gasteiger partial charge in [-0.3, -0.25) is 14.3 Å². The Labute approximate surface area is 190 Å². The molecule has 0 radical (unpaired) electrons. The molecule has 0 spiro atoms. The molecule has 1 aromatic heterocycles. The van der Waals surface area contributed by atoms with Crippen molar-refractivity contribution in [1.82, 2.24) is 4.98 Å². The highest BCUT2D eigenvalue weighted by Gasteiger charge is 2.16. The van der Waals surface area contributed by atoms with Crippen molar-refractivity contribution < 1.29 is 18.0 Å².